The topological polar surface area (TPSA) is 78.0 Å². The zero-order valence-electron chi connectivity index (χ0n) is 10.5. The normalized spacial score (nSPS) is 12.4. The summed E-state index contributed by atoms with van der Waals surface area (Å²) in [6, 6.07) is 3.68. The van der Waals surface area contributed by atoms with Crippen LogP contribution in [0.3, 0.4) is 0 Å². The van der Waals surface area contributed by atoms with Crippen LogP contribution in [0.5, 0.6) is 5.75 Å². The van der Waals surface area contributed by atoms with Crippen LogP contribution in [-0.2, 0) is 7.05 Å². The number of hydrogen-bond donors (Lipinski definition) is 2. The summed E-state index contributed by atoms with van der Waals surface area (Å²) in [5, 5.41) is 4.14. The Morgan fingerprint density at radius 2 is 2.33 bits per heavy atom. The first-order chi connectivity index (χ1) is 8.76. The first kappa shape index (κ1) is 12.5. The summed E-state index contributed by atoms with van der Waals surface area (Å²) < 4.78 is 7.21. The number of nitrogens with zero attached hydrogens (tertiary/aromatic N) is 3. The third-order valence-electron chi connectivity index (χ3n) is 2.70. The van der Waals surface area contributed by atoms with Gasteiger partial charge in [0.15, 0.2) is 0 Å². The minimum absolute atomic E-state index is 0.162. The largest absolute Gasteiger partial charge is 0.492 e. The second-order valence-electron chi connectivity index (χ2n) is 3.87. The van der Waals surface area contributed by atoms with Crippen molar-refractivity contribution in [3.8, 4) is 5.75 Å². The number of aromatic nitrogens is 3. The van der Waals surface area contributed by atoms with Crippen molar-refractivity contribution >= 4 is 0 Å². The Kier molecular flexibility index (Phi) is 3.91. The van der Waals surface area contributed by atoms with Crippen LogP contribution >= 0.6 is 0 Å². The molecule has 0 saturated heterocycles. The van der Waals surface area contributed by atoms with Gasteiger partial charge in [0.2, 0.25) is 0 Å². The van der Waals surface area contributed by atoms with Gasteiger partial charge in [0, 0.05) is 19.4 Å². The summed E-state index contributed by atoms with van der Waals surface area (Å²) in [5.74, 6) is 6.36. The van der Waals surface area contributed by atoms with Gasteiger partial charge in [0.1, 0.15) is 5.75 Å². The highest BCUT2D eigenvalue weighted by Crippen LogP contribution is 2.23. The Balaban J connectivity index is 2.33. The molecule has 0 saturated carbocycles. The molecule has 0 aliphatic carbocycles. The van der Waals surface area contributed by atoms with Gasteiger partial charge in [-0.2, -0.15) is 5.10 Å². The fourth-order valence-corrected chi connectivity index (χ4v) is 1.86. The minimum atomic E-state index is -0.162. The van der Waals surface area contributed by atoms with Crippen molar-refractivity contribution in [2.24, 2.45) is 12.9 Å². The van der Waals surface area contributed by atoms with Gasteiger partial charge in [-0.25, -0.2) is 5.43 Å². The molecule has 0 bridgehead atoms. The molecule has 0 spiro atoms. The van der Waals surface area contributed by atoms with Crippen molar-refractivity contribution < 1.29 is 4.74 Å². The standard InChI is InChI=1S/C12H17N5O/c1-3-18-10-6-9(7-14-8-10)12(16-13)11-4-5-15-17(11)2/h4-8,12,16H,3,13H2,1-2H3. The maximum atomic E-state index is 5.63. The molecule has 0 fully saturated rings. The first-order valence-electron chi connectivity index (χ1n) is 5.78. The summed E-state index contributed by atoms with van der Waals surface area (Å²) in [6.45, 7) is 2.55. The van der Waals surface area contributed by atoms with E-state index in [1.54, 1.807) is 23.3 Å². The SMILES string of the molecule is CCOc1cncc(C(NN)c2ccnn2C)c1. The number of hydrazine groups is 1. The molecule has 0 radical (unpaired) electrons. The summed E-state index contributed by atoms with van der Waals surface area (Å²) in [4.78, 5) is 4.16. The third-order valence-corrected chi connectivity index (χ3v) is 2.70. The molecule has 6 nitrogen and oxygen atoms in total. The number of nitrogens with two attached hydrogens (primary N) is 1. The van der Waals surface area contributed by atoms with Crippen LogP contribution in [0.2, 0.25) is 0 Å². The van der Waals surface area contributed by atoms with E-state index in [9.17, 15) is 0 Å². The van der Waals surface area contributed by atoms with Crippen LogP contribution < -0.4 is 16.0 Å². The lowest BCUT2D eigenvalue weighted by Gasteiger charge is -2.17. The van der Waals surface area contributed by atoms with Gasteiger partial charge in [-0.1, -0.05) is 0 Å². The van der Waals surface area contributed by atoms with E-state index in [2.05, 4.69) is 15.5 Å². The van der Waals surface area contributed by atoms with Crippen LogP contribution in [0.4, 0.5) is 0 Å². The number of aryl methyl sites for hydroxylation is 1. The average molecular weight is 247 g/mol. The smallest absolute Gasteiger partial charge is 0.137 e. The highest BCUT2D eigenvalue weighted by Gasteiger charge is 2.16. The van der Waals surface area contributed by atoms with Crippen molar-refractivity contribution in [3.63, 3.8) is 0 Å². The molecule has 0 aromatic carbocycles. The Morgan fingerprint density at radius 3 is 2.94 bits per heavy atom. The predicted octanol–water partition coefficient (Wildman–Crippen LogP) is 0.766. The summed E-state index contributed by atoms with van der Waals surface area (Å²) >= 11 is 0. The highest BCUT2D eigenvalue weighted by molar-refractivity contribution is 5.31. The Bertz CT molecular complexity index is 511. The molecular formula is C12H17N5O. The zero-order chi connectivity index (χ0) is 13.0. The molecule has 2 rings (SSSR count). The van der Waals surface area contributed by atoms with E-state index in [0.29, 0.717) is 6.61 Å². The van der Waals surface area contributed by atoms with Gasteiger partial charge < -0.3 is 4.74 Å². The maximum Gasteiger partial charge on any atom is 0.137 e. The van der Waals surface area contributed by atoms with Crippen LogP contribution in [0.25, 0.3) is 0 Å². The van der Waals surface area contributed by atoms with E-state index in [-0.39, 0.29) is 6.04 Å². The summed E-state index contributed by atoms with van der Waals surface area (Å²) in [7, 11) is 1.87. The van der Waals surface area contributed by atoms with E-state index in [0.717, 1.165) is 17.0 Å². The third kappa shape index (κ3) is 2.49. The average Bonchev–Trinajstić information content (AvgIpc) is 2.78. The molecule has 2 heterocycles. The lowest BCUT2D eigenvalue weighted by molar-refractivity contribution is 0.338. The number of nitrogens with one attached hydrogen (secondary N) is 1. The maximum absolute atomic E-state index is 5.63. The molecule has 1 unspecified atom stereocenters. The Labute approximate surface area is 106 Å². The van der Waals surface area contributed by atoms with Gasteiger partial charge >= 0.3 is 0 Å². The number of rotatable bonds is 5. The summed E-state index contributed by atoms with van der Waals surface area (Å²) in [6.07, 6.45) is 5.18. The molecule has 0 aliphatic heterocycles. The first-order valence-corrected chi connectivity index (χ1v) is 5.78. The molecule has 2 aromatic rings. The van der Waals surface area contributed by atoms with Gasteiger partial charge in [-0.3, -0.25) is 15.5 Å². The number of pyridine rings is 1. The molecular weight excluding hydrogens is 230 g/mol. The molecule has 6 heteroatoms. The molecule has 18 heavy (non-hydrogen) atoms. The minimum Gasteiger partial charge on any atom is -0.492 e. The fraction of sp³-hybridized carbons (Fsp3) is 0.333. The highest BCUT2D eigenvalue weighted by atomic mass is 16.5. The van der Waals surface area contributed by atoms with Crippen LogP contribution in [-0.4, -0.2) is 21.4 Å². The van der Waals surface area contributed by atoms with Gasteiger partial charge in [-0.05, 0) is 24.6 Å². The molecule has 96 valence electrons. The second kappa shape index (κ2) is 5.61. The van der Waals surface area contributed by atoms with E-state index in [4.69, 9.17) is 10.6 Å². The Morgan fingerprint density at radius 1 is 1.50 bits per heavy atom. The van der Waals surface area contributed by atoms with Crippen molar-refractivity contribution in [3.05, 3.63) is 42.0 Å². The molecule has 3 N–H and O–H groups in total. The lowest BCUT2D eigenvalue weighted by Crippen LogP contribution is -2.30. The monoisotopic (exact) mass is 247 g/mol. The Hall–Kier alpha value is -1.92. The van der Waals surface area contributed by atoms with Crippen molar-refractivity contribution in [1.29, 1.82) is 0 Å². The van der Waals surface area contributed by atoms with E-state index < -0.39 is 0 Å². The lowest BCUT2D eigenvalue weighted by atomic mass is 10.1. The van der Waals surface area contributed by atoms with Crippen LogP contribution in [0.15, 0.2) is 30.7 Å². The van der Waals surface area contributed by atoms with Gasteiger partial charge in [0.05, 0.1) is 24.5 Å². The quantitative estimate of drug-likeness (QED) is 0.602. The predicted molar refractivity (Wildman–Crippen MR) is 67.8 cm³/mol. The van der Waals surface area contributed by atoms with E-state index in [1.807, 2.05) is 26.1 Å². The van der Waals surface area contributed by atoms with E-state index >= 15 is 0 Å². The van der Waals surface area contributed by atoms with Gasteiger partial charge in [-0.15, -0.1) is 0 Å². The summed E-state index contributed by atoms with van der Waals surface area (Å²) in [5.41, 5.74) is 4.68. The molecule has 0 amide bonds. The molecule has 1 atom stereocenters. The van der Waals surface area contributed by atoms with Crippen molar-refractivity contribution in [2.75, 3.05) is 6.61 Å². The molecule has 0 aliphatic rings. The zero-order valence-corrected chi connectivity index (χ0v) is 10.5. The van der Waals surface area contributed by atoms with Crippen molar-refractivity contribution in [1.82, 2.24) is 20.2 Å². The second-order valence-corrected chi connectivity index (χ2v) is 3.87. The van der Waals surface area contributed by atoms with Crippen LogP contribution in [0.1, 0.15) is 24.2 Å². The molecule has 2 aromatic heterocycles. The van der Waals surface area contributed by atoms with Crippen molar-refractivity contribution in [2.45, 2.75) is 13.0 Å². The number of ether oxygens (including phenoxy) is 1. The fourth-order valence-electron chi connectivity index (χ4n) is 1.86. The number of hydrogen-bond acceptors (Lipinski definition) is 5. The van der Waals surface area contributed by atoms with Crippen LogP contribution in [0, 0.1) is 0 Å². The van der Waals surface area contributed by atoms with E-state index in [1.165, 1.54) is 0 Å². The van der Waals surface area contributed by atoms with Gasteiger partial charge in [0.25, 0.3) is 0 Å².